The number of likely N-dealkylation sites (tertiary alicyclic amines) is 1. The van der Waals surface area contributed by atoms with Crippen LogP contribution >= 0.6 is 0 Å². The fourth-order valence-corrected chi connectivity index (χ4v) is 2.55. The topological polar surface area (TPSA) is 15.3 Å². The Labute approximate surface area is 107 Å². The van der Waals surface area contributed by atoms with Crippen LogP contribution in [0.3, 0.4) is 0 Å². The van der Waals surface area contributed by atoms with E-state index in [4.69, 9.17) is 0 Å². The van der Waals surface area contributed by atoms with Gasteiger partial charge in [0.25, 0.3) is 0 Å². The average molecular weight is 238 g/mol. The van der Waals surface area contributed by atoms with Gasteiger partial charge in [-0.05, 0) is 52.5 Å². The molecule has 2 heteroatoms. The summed E-state index contributed by atoms with van der Waals surface area (Å²) in [4.78, 5) is 2.63. The summed E-state index contributed by atoms with van der Waals surface area (Å²) in [5.74, 6) is 0. The van der Waals surface area contributed by atoms with Crippen LogP contribution in [0.15, 0.2) is 12.2 Å². The lowest BCUT2D eigenvalue weighted by atomic mass is 10.1. The molecule has 0 spiro atoms. The maximum Gasteiger partial charge on any atom is 0.0208 e. The first-order valence-electron chi connectivity index (χ1n) is 7.01. The van der Waals surface area contributed by atoms with Crippen LogP contribution in [0, 0.1) is 0 Å². The molecule has 2 nitrogen and oxygen atoms in total. The van der Waals surface area contributed by atoms with E-state index in [-0.39, 0.29) is 5.54 Å². The summed E-state index contributed by atoms with van der Waals surface area (Å²) >= 11 is 0. The van der Waals surface area contributed by atoms with Crippen LogP contribution in [0.5, 0.6) is 0 Å². The number of rotatable bonds is 5. The minimum Gasteiger partial charge on any atom is -0.308 e. The molecule has 0 aliphatic carbocycles. The predicted molar refractivity (Wildman–Crippen MR) is 76.4 cm³/mol. The second kappa shape index (κ2) is 6.01. The smallest absolute Gasteiger partial charge is 0.0208 e. The van der Waals surface area contributed by atoms with Gasteiger partial charge in [0.05, 0.1) is 0 Å². The summed E-state index contributed by atoms with van der Waals surface area (Å²) in [5, 5.41) is 3.52. The van der Waals surface area contributed by atoms with Crippen LogP contribution in [0.1, 0.15) is 53.9 Å². The molecule has 1 aliphatic heterocycles. The number of hydrogen-bond acceptors (Lipinski definition) is 2. The summed E-state index contributed by atoms with van der Waals surface area (Å²) in [6, 6.07) is 1.50. The van der Waals surface area contributed by atoms with Crippen LogP contribution in [0.2, 0.25) is 0 Å². The van der Waals surface area contributed by atoms with Gasteiger partial charge in [0.2, 0.25) is 0 Å². The van der Waals surface area contributed by atoms with E-state index < -0.39 is 0 Å². The molecule has 17 heavy (non-hydrogen) atoms. The van der Waals surface area contributed by atoms with E-state index in [9.17, 15) is 0 Å². The monoisotopic (exact) mass is 238 g/mol. The van der Waals surface area contributed by atoms with E-state index in [1.807, 2.05) is 0 Å². The molecule has 2 atom stereocenters. The molecule has 1 fully saturated rings. The molecule has 0 bridgehead atoms. The maximum atomic E-state index is 4.22. The van der Waals surface area contributed by atoms with Gasteiger partial charge >= 0.3 is 0 Å². The number of nitrogens with one attached hydrogen (secondary N) is 1. The number of nitrogens with zero attached hydrogens (tertiary/aromatic N) is 1. The minimum absolute atomic E-state index is 0.184. The van der Waals surface area contributed by atoms with E-state index in [1.165, 1.54) is 24.8 Å². The van der Waals surface area contributed by atoms with Crippen molar-refractivity contribution in [3.8, 4) is 0 Å². The molecular formula is C15H30N2. The van der Waals surface area contributed by atoms with Crippen molar-refractivity contribution < 1.29 is 0 Å². The van der Waals surface area contributed by atoms with Crippen molar-refractivity contribution in [3.05, 3.63) is 12.2 Å². The lowest BCUT2D eigenvalue weighted by Gasteiger charge is -2.29. The van der Waals surface area contributed by atoms with Crippen LogP contribution < -0.4 is 5.32 Å². The van der Waals surface area contributed by atoms with Gasteiger partial charge in [-0.15, -0.1) is 0 Å². The largest absolute Gasteiger partial charge is 0.308 e. The van der Waals surface area contributed by atoms with E-state index in [2.05, 4.69) is 51.4 Å². The van der Waals surface area contributed by atoms with Crippen LogP contribution in [-0.2, 0) is 0 Å². The summed E-state index contributed by atoms with van der Waals surface area (Å²) in [6.45, 7) is 17.5. The van der Waals surface area contributed by atoms with Crippen molar-refractivity contribution in [1.29, 1.82) is 0 Å². The molecule has 0 aromatic carbocycles. The van der Waals surface area contributed by atoms with Crippen LogP contribution in [-0.4, -0.2) is 35.6 Å². The zero-order chi connectivity index (χ0) is 13.1. The SMILES string of the molecule is C=C(CNC(C)(C)C)CN1C(C)CCC1CC. The van der Waals surface area contributed by atoms with Crippen molar-refractivity contribution in [2.75, 3.05) is 13.1 Å². The molecule has 1 aliphatic rings. The van der Waals surface area contributed by atoms with Gasteiger partial charge in [0, 0.05) is 30.7 Å². The zero-order valence-corrected chi connectivity index (χ0v) is 12.3. The average Bonchev–Trinajstić information content (AvgIpc) is 2.56. The van der Waals surface area contributed by atoms with Crippen LogP contribution in [0.4, 0.5) is 0 Å². The third kappa shape index (κ3) is 4.81. The van der Waals surface area contributed by atoms with Gasteiger partial charge in [0.15, 0.2) is 0 Å². The standard InChI is InChI=1S/C15H30N2/c1-7-14-9-8-13(3)17(14)11-12(2)10-16-15(4,5)6/h13-14,16H,2,7-11H2,1,3-6H3. The highest BCUT2D eigenvalue weighted by molar-refractivity contribution is 5.04. The Hall–Kier alpha value is -0.340. The van der Waals surface area contributed by atoms with Gasteiger partial charge in [0.1, 0.15) is 0 Å². The number of hydrogen-bond donors (Lipinski definition) is 1. The van der Waals surface area contributed by atoms with E-state index >= 15 is 0 Å². The summed E-state index contributed by atoms with van der Waals surface area (Å²) in [6.07, 6.45) is 3.97. The highest BCUT2D eigenvalue weighted by Gasteiger charge is 2.29. The Kier molecular flexibility index (Phi) is 5.21. The molecule has 2 unspecified atom stereocenters. The molecule has 0 amide bonds. The Morgan fingerprint density at radius 3 is 2.53 bits per heavy atom. The van der Waals surface area contributed by atoms with Crippen molar-refractivity contribution in [2.45, 2.75) is 71.5 Å². The zero-order valence-electron chi connectivity index (χ0n) is 12.3. The van der Waals surface area contributed by atoms with E-state index in [0.717, 1.165) is 25.2 Å². The molecule has 1 N–H and O–H groups in total. The quantitative estimate of drug-likeness (QED) is 0.740. The van der Waals surface area contributed by atoms with Crippen molar-refractivity contribution in [1.82, 2.24) is 10.2 Å². The van der Waals surface area contributed by atoms with Gasteiger partial charge in [-0.3, -0.25) is 4.90 Å². The second-order valence-electron chi connectivity index (χ2n) is 6.51. The highest BCUT2D eigenvalue weighted by atomic mass is 15.2. The molecular weight excluding hydrogens is 208 g/mol. The molecule has 1 saturated heterocycles. The molecule has 1 rings (SSSR count). The Bertz CT molecular complexity index is 252. The van der Waals surface area contributed by atoms with Gasteiger partial charge in [-0.2, -0.15) is 0 Å². The van der Waals surface area contributed by atoms with Gasteiger partial charge in [-0.25, -0.2) is 0 Å². The second-order valence-corrected chi connectivity index (χ2v) is 6.51. The molecule has 0 saturated carbocycles. The first kappa shape index (κ1) is 14.7. The van der Waals surface area contributed by atoms with Gasteiger partial charge < -0.3 is 5.32 Å². The molecule has 100 valence electrons. The lowest BCUT2D eigenvalue weighted by molar-refractivity contribution is 0.214. The predicted octanol–water partition coefficient (Wildman–Crippen LogP) is 3.19. The Balaban J connectivity index is 2.39. The minimum atomic E-state index is 0.184. The summed E-state index contributed by atoms with van der Waals surface area (Å²) < 4.78 is 0. The summed E-state index contributed by atoms with van der Waals surface area (Å²) in [5.41, 5.74) is 1.50. The first-order chi connectivity index (χ1) is 7.83. The normalized spacial score (nSPS) is 26.4. The van der Waals surface area contributed by atoms with Gasteiger partial charge in [-0.1, -0.05) is 13.5 Å². The highest BCUT2D eigenvalue weighted by Crippen LogP contribution is 2.26. The molecule has 0 aromatic heterocycles. The first-order valence-corrected chi connectivity index (χ1v) is 7.01. The maximum absolute atomic E-state index is 4.22. The van der Waals surface area contributed by atoms with Crippen molar-refractivity contribution in [2.24, 2.45) is 0 Å². The Morgan fingerprint density at radius 2 is 2.00 bits per heavy atom. The fraction of sp³-hybridized carbons (Fsp3) is 0.867. The molecule has 0 aromatic rings. The summed E-state index contributed by atoms with van der Waals surface area (Å²) in [7, 11) is 0. The lowest BCUT2D eigenvalue weighted by Crippen LogP contribution is -2.41. The van der Waals surface area contributed by atoms with E-state index in [0.29, 0.717) is 0 Å². The van der Waals surface area contributed by atoms with E-state index in [1.54, 1.807) is 0 Å². The third-order valence-electron chi connectivity index (χ3n) is 3.70. The molecule has 0 radical (unpaired) electrons. The molecule has 1 heterocycles. The fourth-order valence-electron chi connectivity index (χ4n) is 2.55. The van der Waals surface area contributed by atoms with Crippen LogP contribution in [0.25, 0.3) is 0 Å². The van der Waals surface area contributed by atoms with Crippen molar-refractivity contribution >= 4 is 0 Å². The Morgan fingerprint density at radius 1 is 1.35 bits per heavy atom. The third-order valence-corrected chi connectivity index (χ3v) is 3.70. The van der Waals surface area contributed by atoms with Crippen molar-refractivity contribution in [3.63, 3.8) is 0 Å².